The number of rotatable bonds is 5. The number of amides is 1. The van der Waals surface area contributed by atoms with Crippen molar-refractivity contribution in [3.8, 4) is 0 Å². The zero-order valence-corrected chi connectivity index (χ0v) is 13.8. The second-order valence-electron chi connectivity index (χ2n) is 5.48. The van der Waals surface area contributed by atoms with E-state index in [9.17, 15) is 4.79 Å². The van der Waals surface area contributed by atoms with Crippen molar-refractivity contribution in [1.82, 2.24) is 15.4 Å². The van der Waals surface area contributed by atoms with Gasteiger partial charge in [0.05, 0.1) is 6.26 Å². The number of hydrogen-bond acceptors (Lipinski definition) is 7. The number of aryl methyl sites for hydroxylation is 2. The molecule has 0 saturated heterocycles. The molecule has 0 spiro atoms. The monoisotopic (exact) mass is 338 g/mol. The van der Waals surface area contributed by atoms with E-state index in [1.165, 1.54) is 12.6 Å². The lowest BCUT2D eigenvalue weighted by atomic mass is 10.1. The van der Waals surface area contributed by atoms with E-state index in [4.69, 9.17) is 10.2 Å². The summed E-state index contributed by atoms with van der Waals surface area (Å²) < 4.78 is 5.01. The first kappa shape index (κ1) is 16.3. The van der Waals surface area contributed by atoms with E-state index in [0.717, 1.165) is 16.8 Å². The summed E-state index contributed by atoms with van der Waals surface area (Å²) in [6.07, 6.45) is 2.77. The lowest BCUT2D eigenvalue weighted by Gasteiger charge is -2.14. The largest absolute Gasteiger partial charge is 0.459 e. The van der Waals surface area contributed by atoms with Crippen molar-refractivity contribution in [3.05, 3.63) is 59.8 Å². The average molecular weight is 338 g/mol. The van der Waals surface area contributed by atoms with E-state index in [1.807, 2.05) is 32.0 Å². The fraction of sp³-hybridized carbons (Fsp3) is 0.118. The maximum Gasteiger partial charge on any atom is 0.305 e. The number of nitrogens with two attached hydrogens (primary N) is 1. The van der Waals surface area contributed by atoms with Gasteiger partial charge in [-0.3, -0.25) is 15.6 Å². The maximum atomic E-state index is 11.9. The molecule has 3 rings (SSSR count). The molecule has 0 unspecified atom stereocenters. The van der Waals surface area contributed by atoms with Gasteiger partial charge in [0.1, 0.15) is 12.0 Å². The van der Waals surface area contributed by atoms with Gasteiger partial charge in [-0.1, -0.05) is 12.1 Å². The molecule has 2 aromatic heterocycles. The number of nitrogen functional groups attached to an aromatic ring is 1. The normalized spacial score (nSPS) is 10.3. The van der Waals surface area contributed by atoms with Gasteiger partial charge in [-0.15, -0.1) is 0 Å². The summed E-state index contributed by atoms with van der Waals surface area (Å²) in [5.41, 5.74) is 14.6. The van der Waals surface area contributed by atoms with Crippen LogP contribution in [-0.4, -0.2) is 15.9 Å². The van der Waals surface area contributed by atoms with Crippen LogP contribution in [0.4, 0.5) is 23.0 Å². The van der Waals surface area contributed by atoms with Gasteiger partial charge in [-0.2, -0.15) is 0 Å². The third-order valence-corrected chi connectivity index (χ3v) is 3.57. The molecule has 25 heavy (non-hydrogen) atoms. The molecule has 1 amide bonds. The third kappa shape index (κ3) is 3.69. The molecule has 0 fully saturated rings. The zero-order valence-electron chi connectivity index (χ0n) is 13.8. The van der Waals surface area contributed by atoms with Crippen LogP contribution < -0.4 is 21.9 Å². The van der Waals surface area contributed by atoms with Crippen LogP contribution in [0.15, 0.2) is 47.3 Å². The standard InChI is InChI=1S/C17H18N6O2/c1-10-5-6-11(2)12(8-10)21-15-14(18)16(20-9-19-15)22-23-17(24)13-4-3-7-25-13/h3-9H,18H2,1-2H3,(H,23,24)(H2,19,20,21,22). The van der Waals surface area contributed by atoms with Gasteiger partial charge in [-0.05, 0) is 43.2 Å². The quantitative estimate of drug-likeness (QED) is 0.528. The second kappa shape index (κ2) is 6.91. The summed E-state index contributed by atoms with van der Waals surface area (Å²) in [7, 11) is 0. The number of aromatic nitrogens is 2. The Bertz CT molecular complexity index is 892. The molecule has 1 aromatic carbocycles. The summed E-state index contributed by atoms with van der Waals surface area (Å²) in [5.74, 6) is 0.460. The maximum absolute atomic E-state index is 11.9. The molecule has 0 aliphatic rings. The Morgan fingerprint density at radius 3 is 2.72 bits per heavy atom. The minimum Gasteiger partial charge on any atom is -0.459 e. The van der Waals surface area contributed by atoms with Gasteiger partial charge in [0.2, 0.25) is 0 Å². The van der Waals surface area contributed by atoms with Crippen LogP contribution in [0.5, 0.6) is 0 Å². The van der Waals surface area contributed by atoms with Crippen molar-refractivity contribution in [2.75, 3.05) is 16.5 Å². The van der Waals surface area contributed by atoms with Crippen molar-refractivity contribution in [2.45, 2.75) is 13.8 Å². The lowest BCUT2D eigenvalue weighted by Crippen LogP contribution is -2.30. The van der Waals surface area contributed by atoms with E-state index in [2.05, 4.69) is 26.1 Å². The number of nitrogens with one attached hydrogen (secondary N) is 3. The fourth-order valence-corrected chi connectivity index (χ4v) is 2.18. The van der Waals surface area contributed by atoms with Crippen molar-refractivity contribution >= 4 is 28.9 Å². The summed E-state index contributed by atoms with van der Waals surface area (Å²) in [4.78, 5) is 20.1. The SMILES string of the molecule is Cc1ccc(C)c(Nc2ncnc(NNC(=O)c3ccco3)c2N)c1. The van der Waals surface area contributed by atoms with Gasteiger partial charge in [0.25, 0.3) is 0 Å². The third-order valence-electron chi connectivity index (χ3n) is 3.57. The zero-order chi connectivity index (χ0) is 17.8. The summed E-state index contributed by atoms with van der Waals surface area (Å²) in [6.45, 7) is 3.99. The molecule has 0 bridgehead atoms. The highest BCUT2D eigenvalue weighted by Crippen LogP contribution is 2.27. The molecule has 0 radical (unpaired) electrons. The smallest absolute Gasteiger partial charge is 0.305 e. The molecule has 2 heterocycles. The molecule has 0 aliphatic heterocycles. The topological polar surface area (TPSA) is 118 Å². The highest BCUT2D eigenvalue weighted by molar-refractivity contribution is 5.92. The Morgan fingerprint density at radius 1 is 1.16 bits per heavy atom. The highest BCUT2D eigenvalue weighted by Gasteiger charge is 2.12. The van der Waals surface area contributed by atoms with Crippen molar-refractivity contribution < 1.29 is 9.21 Å². The molecular formula is C17H18N6O2. The summed E-state index contributed by atoms with van der Waals surface area (Å²) in [5, 5.41) is 3.19. The van der Waals surface area contributed by atoms with Gasteiger partial charge in [0.15, 0.2) is 17.4 Å². The number of benzene rings is 1. The van der Waals surface area contributed by atoms with Crippen LogP contribution in [0.25, 0.3) is 0 Å². The Hall–Kier alpha value is -3.55. The van der Waals surface area contributed by atoms with Crippen LogP contribution >= 0.6 is 0 Å². The summed E-state index contributed by atoms with van der Waals surface area (Å²) >= 11 is 0. The van der Waals surface area contributed by atoms with Crippen molar-refractivity contribution in [1.29, 1.82) is 0 Å². The van der Waals surface area contributed by atoms with Crippen LogP contribution in [0.2, 0.25) is 0 Å². The number of carbonyl (C=O) groups is 1. The van der Waals surface area contributed by atoms with Crippen LogP contribution in [0, 0.1) is 13.8 Å². The van der Waals surface area contributed by atoms with E-state index in [1.54, 1.807) is 12.1 Å². The Kier molecular flexibility index (Phi) is 4.51. The molecule has 3 aromatic rings. The molecule has 0 saturated carbocycles. The molecule has 8 nitrogen and oxygen atoms in total. The number of nitrogens with zero attached hydrogens (tertiary/aromatic N) is 2. The molecule has 0 atom stereocenters. The first-order chi connectivity index (χ1) is 12.0. The van der Waals surface area contributed by atoms with Crippen LogP contribution in [-0.2, 0) is 0 Å². The van der Waals surface area contributed by atoms with E-state index >= 15 is 0 Å². The Labute approximate surface area is 144 Å². The Morgan fingerprint density at radius 2 is 1.96 bits per heavy atom. The second-order valence-corrected chi connectivity index (χ2v) is 5.48. The Balaban J connectivity index is 1.75. The highest BCUT2D eigenvalue weighted by atomic mass is 16.3. The van der Waals surface area contributed by atoms with Gasteiger partial charge >= 0.3 is 5.91 Å². The molecule has 128 valence electrons. The fourth-order valence-electron chi connectivity index (χ4n) is 2.18. The van der Waals surface area contributed by atoms with Gasteiger partial charge in [-0.25, -0.2) is 9.97 Å². The van der Waals surface area contributed by atoms with E-state index in [0.29, 0.717) is 5.82 Å². The number of carbonyl (C=O) groups excluding carboxylic acids is 1. The molecule has 0 aliphatic carbocycles. The number of furan rings is 1. The number of hydrazine groups is 1. The first-order valence-electron chi connectivity index (χ1n) is 7.59. The van der Waals surface area contributed by atoms with Crippen LogP contribution in [0.3, 0.4) is 0 Å². The van der Waals surface area contributed by atoms with Crippen molar-refractivity contribution in [2.24, 2.45) is 0 Å². The first-order valence-corrected chi connectivity index (χ1v) is 7.59. The van der Waals surface area contributed by atoms with Gasteiger partial charge in [0, 0.05) is 5.69 Å². The van der Waals surface area contributed by atoms with E-state index < -0.39 is 5.91 Å². The molecule has 8 heteroatoms. The predicted octanol–water partition coefficient (Wildman–Crippen LogP) is 2.77. The van der Waals surface area contributed by atoms with E-state index in [-0.39, 0.29) is 17.3 Å². The minimum absolute atomic E-state index is 0.175. The number of anilines is 4. The summed E-state index contributed by atoms with van der Waals surface area (Å²) in [6, 6.07) is 9.22. The van der Waals surface area contributed by atoms with Crippen molar-refractivity contribution in [3.63, 3.8) is 0 Å². The predicted molar refractivity (Wildman–Crippen MR) is 95.4 cm³/mol. The lowest BCUT2D eigenvalue weighted by molar-refractivity contribution is 0.0935. The molecular weight excluding hydrogens is 320 g/mol. The number of hydrogen-bond donors (Lipinski definition) is 4. The molecule has 5 N–H and O–H groups in total. The average Bonchev–Trinajstić information content (AvgIpc) is 3.13. The van der Waals surface area contributed by atoms with Gasteiger partial charge < -0.3 is 15.5 Å². The minimum atomic E-state index is -0.438. The van der Waals surface area contributed by atoms with Crippen LogP contribution in [0.1, 0.15) is 21.7 Å².